The minimum Gasteiger partial charge on any atom is -0.369 e. The highest BCUT2D eigenvalue weighted by Crippen LogP contribution is 2.11. The first-order valence-corrected chi connectivity index (χ1v) is 7.56. The van der Waals surface area contributed by atoms with Crippen LogP contribution in [0.5, 0.6) is 0 Å². The van der Waals surface area contributed by atoms with Crippen LogP contribution in [0.15, 0.2) is 30.3 Å². The fourth-order valence-corrected chi connectivity index (χ4v) is 2.15. The minimum absolute atomic E-state index is 0.661. The number of benzene rings is 1. The fraction of sp³-hybridized carbons (Fsp3) is 0.412. The Hall–Kier alpha value is -2.14. The van der Waals surface area contributed by atoms with E-state index >= 15 is 0 Å². The SMILES string of the molecule is Cc1cccc(CNc2nc(C)cc(NCCN(C)C)n2)c1. The molecule has 5 nitrogen and oxygen atoms in total. The molecule has 22 heavy (non-hydrogen) atoms. The number of hydrogen-bond acceptors (Lipinski definition) is 5. The van der Waals surface area contributed by atoms with Gasteiger partial charge in [-0.25, -0.2) is 4.98 Å². The van der Waals surface area contributed by atoms with Crippen LogP contribution < -0.4 is 10.6 Å². The Labute approximate surface area is 132 Å². The van der Waals surface area contributed by atoms with Crippen LogP contribution in [0.25, 0.3) is 0 Å². The molecule has 0 unspecified atom stereocenters. The number of hydrogen-bond donors (Lipinski definition) is 2. The molecule has 2 rings (SSSR count). The molecule has 0 radical (unpaired) electrons. The lowest BCUT2D eigenvalue weighted by atomic mass is 10.1. The van der Waals surface area contributed by atoms with Crippen LogP contribution in [-0.4, -0.2) is 42.1 Å². The van der Waals surface area contributed by atoms with Gasteiger partial charge >= 0.3 is 0 Å². The van der Waals surface area contributed by atoms with Crippen LogP contribution in [0, 0.1) is 13.8 Å². The molecule has 1 aromatic carbocycles. The van der Waals surface area contributed by atoms with Gasteiger partial charge < -0.3 is 15.5 Å². The van der Waals surface area contributed by atoms with Crippen molar-refractivity contribution in [3.8, 4) is 0 Å². The van der Waals surface area contributed by atoms with E-state index in [-0.39, 0.29) is 0 Å². The monoisotopic (exact) mass is 299 g/mol. The predicted molar refractivity (Wildman–Crippen MR) is 92.3 cm³/mol. The number of rotatable bonds is 7. The summed E-state index contributed by atoms with van der Waals surface area (Å²) in [7, 11) is 4.11. The maximum atomic E-state index is 4.52. The summed E-state index contributed by atoms with van der Waals surface area (Å²) in [5.41, 5.74) is 3.44. The lowest BCUT2D eigenvalue weighted by Gasteiger charge is -2.12. The summed E-state index contributed by atoms with van der Waals surface area (Å²) in [5.74, 6) is 1.52. The van der Waals surface area contributed by atoms with E-state index in [0.717, 1.165) is 31.1 Å². The first-order chi connectivity index (χ1) is 10.5. The van der Waals surface area contributed by atoms with E-state index in [1.807, 2.05) is 13.0 Å². The van der Waals surface area contributed by atoms with Crippen molar-refractivity contribution in [1.29, 1.82) is 0 Å². The van der Waals surface area contributed by atoms with Gasteiger partial charge in [-0.1, -0.05) is 29.8 Å². The second-order valence-corrected chi connectivity index (χ2v) is 5.79. The maximum Gasteiger partial charge on any atom is 0.225 e. The molecule has 0 saturated carbocycles. The summed E-state index contributed by atoms with van der Waals surface area (Å²) in [4.78, 5) is 11.1. The zero-order chi connectivity index (χ0) is 15.9. The summed E-state index contributed by atoms with van der Waals surface area (Å²) in [6, 6.07) is 10.4. The van der Waals surface area contributed by atoms with Gasteiger partial charge in [0.15, 0.2) is 0 Å². The Morgan fingerprint density at radius 1 is 1.05 bits per heavy atom. The van der Waals surface area contributed by atoms with E-state index in [4.69, 9.17) is 0 Å². The smallest absolute Gasteiger partial charge is 0.225 e. The molecule has 1 heterocycles. The summed E-state index contributed by atoms with van der Waals surface area (Å²) < 4.78 is 0. The van der Waals surface area contributed by atoms with Gasteiger partial charge in [-0.3, -0.25) is 0 Å². The third-order valence-corrected chi connectivity index (χ3v) is 3.25. The lowest BCUT2D eigenvalue weighted by molar-refractivity contribution is 0.425. The fourth-order valence-electron chi connectivity index (χ4n) is 2.15. The molecule has 0 fully saturated rings. The average molecular weight is 299 g/mol. The quantitative estimate of drug-likeness (QED) is 0.823. The van der Waals surface area contributed by atoms with E-state index < -0.39 is 0 Å². The van der Waals surface area contributed by atoms with Crippen LogP contribution >= 0.6 is 0 Å². The van der Waals surface area contributed by atoms with Crippen LogP contribution in [0.3, 0.4) is 0 Å². The third-order valence-electron chi connectivity index (χ3n) is 3.25. The Morgan fingerprint density at radius 2 is 1.86 bits per heavy atom. The van der Waals surface area contributed by atoms with Crippen molar-refractivity contribution >= 4 is 11.8 Å². The molecular formula is C17H25N5. The van der Waals surface area contributed by atoms with Crippen molar-refractivity contribution in [1.82, 2.24) is 14.9 Å². The van der Waals surface area contributed by atoms with Crippen molar-refractivity contribution in [3.63, 3.8) is 0 Å². The van der Waals surface area contributed by atoms with Crippen molar-refractivity contribution in [2.75, 3.05) is 37.8 Å². The Morgan fingerprint density at radius 3 is 2.59 bits per heavy atom. The summed E-state index contributed by atoms with van der Waals surface area (Å²) >= 11 is 0. The van der Waals surface area contributed by atoms with E-state index in [1.54, 1.807) is 0 Å². The van der Waals surface area contributed by atoms with Crippen LogP contribution in [0.4, 0.5) is 11.8 Å². The van der Waals surface area contributed by atoms with E-state index in [9.17, 15) is 0 Å². The van der Waals surface area contributed by atoms with Gasteiger partial charge in [0.25, 0.3) is 0 Å². The molecule has 0 bridgehead atoms. The standard InChI is InChI=1S/C17H25N5/c1-13-6-5-7-15(10-13)12-19-17-20-14(2)11-16(21-17)18-8-9-22(3)4/h5-7,10-11H,8-9,12H2,1-4H3,(H2,18,19,20,21). The first kappa shape index (κ1) is 16.2. The highest BCUT2D eigenvalue weighted by atomic mass is 15.2. The zero-order valence-corrected chi connectivity index (χ0v) is 13.8. The molecule has 0 aliphatic carbocycles. The van der Waals surface area contributed by atoms with E-state index in [0.29, 0.717) is 5.95 Å². The first-order valence-electron chi connectivity index (χ1n) is 7.56. The highest BCUT2D eigenvalue weighted by molar-refractivity contribution is 5.42. The molecule has 0 atom stereocenters. The van der Waals surface area contributed by atoms with Crippen LogP contribution in [-0.2, 0) is 6.54 Å². The van der Waals surface area contributed by atoms with Crippen LogP contribution in [0.2, 0.25) is 0 Å². The van der Waals surface area contributed by atoms with Crippen molar-refractivity contribution in [2.45, 2.75) is 20.4 Å². The summed E-state index contributed by atoms with van der Waals surface area (Å²) in [5, 5.41) is 6.63. The van der Waals surface area contributed by atoms with E-state index in [2.05, 4.69) is 70.8 Å². The normalized spacial score (nSPS) is 10.8. The topological polar surface area (TPSA) is 53.1 Å². The number of anilines is 2. The third kappa shape index (κ3) is 5.33. The lowest BCUT2D eigenvalue weighted by Crippen LogP contribution is -2.21. The Bertz CT molecular complexity index is 610. The van der Waals surface area contributed by atoms with E-state index in [1.165, 1.54) is 11.1 Å². The number of aromatic nitrogens is 2. The minimum atomic E-state index is 0.661. The average Bonchev–Trinajstić information content (AvgIpc) is 2.44. The van der Waals surface area contributed by atoms with Gasteiger partial charge in [0.1, 0.15) is 5.82 Å². The Kier molecular flexibility index (Phi) is 5.72. The van der Waals surface area contributed by atoms with Gasteiger partial charge in [0, 0.05) is 31.4 Å². The molecule has 0 aliphatic heterocycles. The van der Waals surface area contributed by atoms with Crippen molar-refractivity contribution in [3.05, 3.63) is 47.2 Å². The highest BCUT2D eigenvalue weighted by Gasteiger charge is 2.02. The number of nitrogens with one attached hydrogen (secondary N) is 2. The predicted octanol–water partition coefficient (Wildman–Crippen LogP) is 2.68. The number of aryl methyl sites for hydroxylation is 2. The van der Waals surface area contributed by atoms with Crippen molar-refractivity contribution in [2.24, 2.45) is 0 Å². The van der Waals surface area contributed by atoms with Crippen molar-refractivity contribution < 1.29 is 0 Å². The second kappa shape index (κ2) is 7.75. The van der Waals surface area contributed by atoms with Gasteiger partial charge in [-0.2, -0.15) is 4.98 Å². The molecule has 2 N–H and O–H groups in total. The molecule has 5 heteroatoms. The molecular weight excluding hydrogens is 274 g/mol. The molecule has 1 aromatic heterocycles. The second-order valence-electron chi connectivity index (χ2n) is 5.79. The Balaban J connectivity index is 1.97. The molecule has 0 amide bonds. The molecule has 2 aromatic rings. The summed E-state index contributed by atoms with van der Waals surface area (Å²) in [6.07, 6.45) is 0. The molecule has 118 valence electrons. The maximum absolute atomic E-state index is 4.52. The number of likely N-dealkylation sites (N-methyl/N-ethyl adjacent to an activating group) is 1. The zero-order valence-electron chi connectivity index (χ0n) is 13.8. The summed E-state index contributed by atoms with van der Waals surface area (Å²) in [6.45, 7) is 6.63. The number of nitrogens with zero attached hydrogens (tertiary/aromatic N) is 3. The molecule has 0 aliphatic rings. The van der Waals surface area contributed by atoms with Gasteiger partial charge in [-0.15, -0.1) is 0 Å². The molecule has 0 saturated heterocycles. The van der Waals surface area contributed by atoms with Gasteiger partial charge in [0.2, 0.25) is 5.95 Å². The largest absolute Gasteiger partial charge is 0.369 e. The molecule has 0 spiro atoms. The van der Waals surface area contributed by atoms with Gasteiger partial charge in [-0.05, 0) is 33.5 Å². The van der Waals surface area contributed by atoms with Gasteiger partial charge in [0.05, 0.1) is 0 Å². The van der Waals surface area contributed by atoms with Crippen LogP contribution in [0.1, 0.15) is 16.8 Å².